The van der Waals surface area contributed by atoms with Crippen LogP contribution in [-0.4, -0.2) is 24.4 Å². The first-order valence-electron chi connectivity index (χ1n) is 4.91. The van der Waals surface area contributed by atoms with E-state index in [-0.39, 0.29) is 0 Å². The van der Waals surface area contributed by atoms with Gasteiger partial charge in [-0.05, 0) is 5.56 Å². The summed E-state index contributed by atoms with van der Waals surface area (Å²) < 4.78 is 69.9. The Bertz CT molecular complexity index is 506. The number of ether oxygens (including phenoxy) is 2. The van der Waals surface area contributed by atoms with Gasteiger partial charge in [-0.3, -0.25) is 0 Å². The molecule has 0 radical (unpaired) electrons. The third-order valence-corrected chi connectivity index (χ3v) is 2.43. The predicted molar refractivity (Wildman–Crippen MR) is 56.8 cm³/mol. The fraction of sp³-hybridized carbons (Fsp3) is 0.400. The number of aromatic nitrogens is 1. The van der Waals surface area contributed by atoms with Gasteiger partial charge in [0, 0.05) is 12.1 Å². The number of hydrogen-bond acceptors (Lipinski definition) is 4. The van der Waals surface area contributed by atoms with Crippen molar-refractivity contribution in [2.24, 2.45) is 0 Å². The molecule has 0 saturated carbocycles. The SMILES string of the molecule is COC(=O)c1cnc(OC(F)(F)F)c(C(F)F)c1CCl. The Kier molecular flexibility index (Phi) is 5.09. The number of carbonyl (C=O) groups excluding carboxylic acids is 1. The fourth-order valence-electron chi connectivity index (χ4n) is 1.39. The lowest BCUT2D eigenvalue weighted by Crippen LogP contribution is -2.20. The van der Waals surface area contributed by atoms with Gasteiger partial charge in [0.25, 0.3) is 6.43 Å². The molecule has 112 valence electrons. The monoisotopic (exact) mass is 319 g/mol. The van der Waals surface area contributed by atoms with Crippen LogP contribution in [0.5, 0.6) is 5.88 Å². The molecule has 0 unspecified atom stereocenters. The van der Waals surface area contributed by atoms with Crippen LogP contribution >= 0.6 is 11.6 Å². The van der Waals surface area contributed by atoms with Crippen molar-refractivity contribution in [3.05, 3.63) is 22.9 Å². The normalized spacial score (nSPS) is 11.6. The number of halogens is 6. The minimum absolute atomic E-state index is 0.452. The van der Waals surface area contributed by atoms with E-state index in [1.807, 2.05) is 0 Å². The van der Waals surface area contributed by atoms with Crippen LogP contribution < -0.4 is 4.74 Å². The standard InChI is InChI=1S/C10H7ClF5NO3/c1-19-9(18)5-3-17-8(20-10(14,15)16)6(7(12)13)4(5)2-11/h3,7H,2H2,1H3. The molecule has 0 aliphatic heterocycles. The highest BCUT2D eigenvalue weighted by Crippen LogP contribution is 2.36. The lowest BCUT2D eigenvalue weighted by Gasteiger charge is -2.16. The van der Waals surface area contributed by atoms with Crippen molar-refractivity contribution in [3.8, 4) is 5.88 Å². The van der Waals surface area contributed by atoms with Gasteiger partial charge in [-0.15, -0.1) is 24.8 Å². The molecule has 0 N–H and O–H groups in total. The fourth-order valence-corrected chi connectivity index (χ4v) is 1.68. The molecule has 0 atom stereocenters. The number of pyridine rings is 1. The Balaban J connectivity index is 3.46. The van der Waals surface area contributed by atoms with Crippen molar-refractivity contribution < 1.29 is 36.2 Å². The van der Waals surface area contributed by atoms with Crippen LogP contribution in [0.4, 0.5) is 22.0 Å². The van der Waals surface area contributed by atoms with E-state index in [2.05, 4.69) is 14.5 Å². The van der Waals surface area contributed by atoms with Gasteiger partial charge < -0.3 is 9.47 Å². The van der Waals surface area contributed by atoms with E-state index < -0.39 is 47.2 Å². The summed E-state index contributed by atoms with van der Waals surface area (Å²) in [6.07, 6.45) is -7.93. The number of rotatable bonds is 4. The van der Waals surface area contributed by atoms with E-state index >= 15 is 0 Å². The number of esters is 1. The summed E-state index contributed by atoms with van der Waals surface area (Å²) in [7, 11) is 0.975. The third kappa shape index (κ3) is 3.69. The topological polar surface area (TPSA) is 48.4 Å². The van der Waals surface area contributed by atoms with Gasteiger partial charge in [0.05, 0.1) is 18.2 Å². The van der Waals surface area contributed by atoms with Gasteiger partial charge in [0.2, 0.25) is 5.88 Å². The highest BCUT2D eigenvalue weighted by atomic mass is 35.5. The maximum absolute atomic E-state index is 12.9. The molecule has 0 aliphatic carbocycles. The minimum atomic E-state index is -5.20. The first kappa shape index (κ1) is 16.4. The number of carbonyl (C=O) groups is 1. The highest BCUT2D eigenvalue weighted by Gasteiger charge is 2.36. The molecule has 1 aromatic rings. The Morgan fingerprint density at radius 2 is 2.05 bits per heavy atom. The molecular formula is C10H7ClF5NO3. The predicted octanol–water partition coefficient (Wildman–Crippen LogP) is 3.44. The molecule has 1 heterocycles. The van der Waals surface area contributed by atoms with Gasteiger partial charge in [0.1, 0.15) is 0 Å². The Hall–Kier alpha value is -1.64. The van der Waals surface area contributed by atoms with E-state index in [1.54, 1.807) is 0 Å². The first-order chi connectivity index (χ1) is 9.21. The second-order valence-electron chi connectivity index (χ2n) is 3.34. The Labute approximate surface area is 114 Å². The van der Waals surface area contributed by atoms with Crippen molar-refractivity contribution in [2.75, 3.05) is 7.11 Å². The first-order valence-corrected chi connectivity index (χ1v) is 5.44. The smallest absolute Gasteiger partial charge is 0.465 e. The lowest BCUT2D eigenvalue weighted by molar-refractivity contribution is -0.276. The number of nitrogens with zero attached hydrogens (tertiary/aromatic N) is 1. The molecule has 0 saturated heterocycles. The van der Waals surface area contributed by atoms with Crippen LogP contribution in [0.2, 0.25) is 0 Å². The number of hydrogen-bond donors (Lipinski definition) is 0. The second-order valence-corrected chi connectivity index (χ2v) is 3.61. The maximum atomic E-state index is 12.9. The summed E-state index contributed by atoms with van der Waals surface area (Å²) in [5.41, 5.74) is -2.17. The molecule has 0 aliphatic rings. The van der Waals surface area contributed by atoms with Crippen LogP contribution in [0.3, 0.4) is 0 Å². The quantitative estimate of drug-likeness (QED) is 0.484. The van der Waals surface area contributed by atoms with Crippen LogP contribution in [0.1, 0.15) is 27.9 Å². The van der Waals surface area contributed by atoms with Crippen molar-refractivity contribution in [1.82, 2.24) is 4.98 Å². The molecule has 10 heteroatoms. The molecule has 20 heavy (non-hydrogen) atoms. The highest BCUT2D eigenvalue weighted by molar-refractivity contribution is 6.17. The Morgan fingerprint density at radius 3 is 2.45 bits per heavy atom. The molecule has 0 bridgehead atoms. The average molecular weight is 320 g/mol. The molecule has 0 fully saturated rings. The van der Waals surface area contributed by atoms with Crippen LogP contribution in [0.15, 0.2) is 6.20 Å². The summed E-state index contributed by atoms with van der Waals surface area (Å²) in [6, 6.07) is 0. The summed E-state index contributed by atoms with van der Waals surface area (Å²) in [6.45, 7) is 0. The van der Waals surface area contributed by atoms with Gasteiger partial charge in [0.15, 0.2) is 0 Å². The third-order valence-electron chi connectivity index (χ3n) is 2.16. The van der Waals surface area contributed by atoms with Crippen LogP contribution in [-0.2, 0) is 10.6 Å². The molecule has 1 aromatic heterocycles. The summed E-state index contributed by atoms with van der Waals surface area (Å²) in [5.74, 6) is -3.04. The molecule has 0 spiro atoms. The van der Waals surface area contributed by atoms with Crippen molar-refractivity contribution >= 4 is 17.6 Å². The zero-order valence-corrected chi connectivity index (χ0v) is 10.6. The molecular weight excluding hydrogens is 313 g/mol. The molecule has 0 amide bonds. The maximum Gasteiger partial charge on any atom is 0.574 e. The lowest BCUT2D eigenvalue weighted by atomic mass is 10.1. The number of methoxy groups -OCH3 is 1. The zero-order valence-electron chi connectivity index (χ0n) is 9.80. The van der Waals surface area contributed by atoms with E-state index in [0.717, 1.165) is 7.11 Å². The van der Waals surface area contributed by atoms with E-state index in [1.165, 1.54) is 0 Å². The van der Waals surface area contributed by atoms with E-state index in [4.69, 9.17) is 11.6 Å². The van der Waals surface area contributed by atoms with E-state index in [0.29, 0.717) is 6.20 Å². The largest absolute Gasteiger partial charge is 0.574 e. The van der Waals surface area contributed by atoms with Crippen LogP contribution in [0.25, 0.3) is 0 Å². The molecule has 4 nitrogen and oxygen atoms in total. The van der Waals surface area contributed by atoms with Gasteiger partial charge in [-0.2, -0.15) is 0 Å². The molecule has 0 aromatic carbocycles. The van der Waals surface area contributed by atoms with Gasteiger partial charge in [-0.25, -0.2) is 18.6 Å². The van der Waals surface area contributed by atoms with Gasteiger partial charge >= 0.3 is 12.3 Å². The average Bonchev–Trinajstić information content (AvgIpc) is 2.34. The summed E-state index contributed by atoms with van der Waals surface area (Å²) >= 11 is 5.42. The summed E-state index contributed by atoms with van der Waals surface area (Å²) in [5, 5.41) is 0. The minimum Gasteiger partial charge on any atom is -0.465 e. The van der Waals surface area contributed by atoms with Crippen molar-refractivity contribution in [1.29, 1.82) is 0 Å². The Morgan fingerprint density at radius 1 is 1.45 bits per heavy atom. The molecule has 1 rings (SSSR count). The number of alkyl halides is 6. The zero-order chi connectivity index (χ0) is 15.5. The van der Waals surface area contributed by atoms with Crippen molar-refractivity contribution in [2.45, 2.75) is 18.7 Å². The van der Waals surface area contributed by atoms with E-state index in [9.17, 15) is 26.7 Å². The van der Waals surface area contributed by atoms with Crippen LogP contribution in [0, 0.1) is 0 Å². The van der Waals surface area contributed by atoms with Gasteiger partial charge in [-0.1, -0.05) is 0 Å². The second kappa shape index (κ2) is 6.21. The summed E-state index contributed by atoms with van der Waals surface area (Å²) in [4.78, 5) is 14.4. The van der Waals surface area contributed by atoms with Crippen molar-refractivity contribution in [3.63, 3.8) is 0 Å².